The highest BCUT2D eigenvalue weighted by molar-refractivity contribution is 5.79. The van der Waals surface area contributed by atoms with Crippen molar-refractivity contribution < 1.29 is 4.79 Å². The summed E-state index contributed by atoms with van der Waals surface area (Å²) in [6, 6.07) is 12.9. The van der Waals surface area contributed by atoms with E-state index in [0.29, 0.717) is 12.5 Å². The van der Waals surface area contributed by atoms with Gasteiger partial charge in [-0.1, -0.05) is 30.3 Å². The van der Waals surface area contributed by atoms with Crippen LogP contribution < -0.4 is 5.32 Å². The zero-order valence-corrected chi connectivity index (χ0v) is 15.1. The second-order valence-corrected chi connectivity index (χ2v) is 7.49. The van der Waals surface area contributed by atoms with Gasteiger partial charge in [-0.3, -0.25) is 9.69 Å². The minimum atomic E-state index is -0.686. The fraction of sp³-hybridized carbons (Fsp3) is 0.600. The molecular formula is C20H28N4O. The van der Waals surface area contributed by atoms with E-state index in [0.717, 1.165) is 52.0 Å². The van der Waals surface area contributed by atoms with Gasteiger partial charge in [0.15, 0.2) is 0 Å². The van der Waals surface area contributed by atoms with E-state index in [-0.39, 0.29) is 5.91 Å². The van der Waals surface area contributed by atoms with Crippen molar-refractivity contribution in [2.45, 2.75) is 31.7 Å². The number of hydrogen-bond donors (Lipinski definition) is 1. The highest BCUT2D eigenvalue weighted by atomic mass is 16.2. The maximum absolute atomic E-state index is 12.3. The van der Waals surface area contributed by atoms with Crippen molar-refractivity contribution in [2.75, 3.05) is 39.3 Å². The topological polar surface area (TPSA) is 59.4 Å². The van der Waals surface area contributed by atoms with Crippen molar-refractivity contribution >= 4 is 5.91 Å². The Morgan fingerprint density at radius 2 is 1.84 bits per heavy atom. The van der Waals surface area contributed by atoms with Crippen LogP contribution in [0.4, 0.5) is 0 Å². The minimum absolute atomic E-state index is 0.0197. The predicted molar refractivity (Wildman–Crippen MR) is 97.9 cm³/mol. The van der Waals surface area contributed by atoms with E-state index < -0.39 is 5.54 Å². The van der Waals surface area contributed by atoms with Gasteiger partial charge in [0.05, 0.1) is 12.6 Å². The molecule has 0 unspecified atom stereocenters. The quantitative estimate of drug-likeness (QED) is 0.820. The van der Waals surface area contributed by atoms with Gasteiger partial charge in [0.25, 0.3) is 0 Å². The molecule has 1 heterocycles. The molecule has 0 aromatic heterocycles. The second kappa shape index (κ2) is 7.99. The van der Waals surface area contributed by atoms with Gasteiger partial charge in [-0.2, -0.15) is 5.26 Å². The van der Waals surface area contributed by atoms with Crippen molar-refractivity contribution in [3.05, 3.63) is 35.9 Å². The Hall–Kier alpha value is -1.90. The number of nitriles is 1. The molecule has 2 aliphatic rings. The van der Waals surface area contributed by atoms with Gasteiger partial charge >= 0.3 is 0 Å². The molecule has 0 radical (unpaired) electrons. The summed E-state index contributed by atoms with van der Waals surface area (Å²) < 4.78 is 0. The van der Waals surface area contributed by atoms with E-state index in [1.807, 2.05) is 13.0 Å². The number of carbonyl (C=O) groups is 1. The number of piperazine rings is 1. The van der Waals surface area contributed by atoms with E-state index in [1.54, 1.807) is 0 Å². The second-order valence-electron chi connectivity index (χ2n) is 7.49. The maximum atomic E-state index is 12.3. The first-order valence-electron chi connectivity index (χ1n) is 9.30. The van der Waals surface area contributed by atoms with Gasteiger partial charge in [0.2, 0.25) is 5.91 Å². The maximum Gasteiger partial charge on any atom is 0.235 e. The number of amides is 1. The largest absolute Gasteiger partial charge is 0.337 e. The summed E-state index contributed by atoms with van der Waals surface area (Å²) in [4.78, 5) is 16.9. The lowest BCUT2D eigenvalue weighted by Crippen LogP contribution is -2.53. The fourth-order valence-electron chi connectivity index (χ4n) is 3.52. The Bertz CT molecular complexity index is 614. The Morgan fingerprint density at radius 3 is 2.44 bits per heavy atom. The van der Waals surface area contributed by atoms with Crippen LogP contribution in [0.3, 0.4) is 0 Å². The first kappa shape index (κ1) is 17.9. The van der Waals surface area contributed by atoms with Gasteiger partial charge in [-0.05, 0) is 37.7 Å². The fourth-order valence-corrected chi connectivity index (χ4v) is 3.52. The number of benzene rings is 1. The van der Waals surface area contributed by atoms with Crippen LogP contribution in [0.25, 0.3) is 0 Å². The van der Waals surface area contributed by atoms with Crippen LogP contribution in [0.5, 0.6) is 0 Å². The molecule has 5 heteroatoms. The van der Waals surface area contributed by atoms with Crippen molar-refractivity contribution in [1.29, 1.82) is 5.26 Å². The molecule has 1 saturated heterocycles. The summed E-state index contributed by atoms with van der Waals surface area (Å²) in [5.41, 5.74) is 0.689. The van der Waals surface area contributed by atoms with Gasteiger partial charge < -0.3 is 10.2 Å². The first-order chi connectivity index (χ1) is 12.1. The zero-order chi connectivity index (χ0) is 17.7. The normalized spacial score (nSPS) is 21.3. The monoisotopic (exact) mass is 340 g/mol. The van der Waals surface area contributed by atoms with Crippen LogP contribution >= 0.6 is 0 Å². The Morgan fingerprint density at radius 1 is 1.20 bits per heavy atom. The third-order valence-electron chi connectivity index (χ3n) is 5.42. The predicted octanol–water partition coefficient (Wildman–Crippen LogP) is 1.66. The van der Waals surface area contributed by atoms with Crippen LogP contribution in [0.2, 0.25) is 0 Å². The summed E-state index contributed by atoms with van der Waals surface area (Å²) in [5.74, 6) is 0.310. The van der Waals surface area contributed by atoms with Crippen LogP contribution in [0.1, 0.15) is 25.3 Å². The van der Waals surface area contributed by atoms with Crippen LogP contribution in [-0.4, -0.2) is 60.5 Å². The molecule has 1 amide bonds. The lowest BCUT2D eigenvalue weighted by Gasteiger charge is -2.35. The molecule has 1 aromatic carbocycles. The summed E-state index contributed by atoms with van der Waals surface area (Å²) in [7, 11) is 0. The summed E-state index contributed by atoms with van der Waals surface area (Å²) in [6.07, 6.45) is 3.16. The zero-order valence-electron chi connectivity index (χ0n) is 15.1. The highest BCUT2D eigenvalue weighted by Gasteiger charge is 2.43. The van der Waals surface area contributed by atoms with Crippen molar-refractivity contribution in [2.24, 2.45) is 5.92 Å². The van der Waals surface area contributed by atoms with E-state index in [9.17, 15) is 10.1 Å². The first-order valence-corrected chi connectivity index (χ1v) is 9.30. The minimum Gasteiger partial charge on any atom is -0.337 e. The molecule has 5 nitrogen and oxygen atoms in total. The molecule has 3 rings (SSSR count). The molecule has 1 aliphatic carbocycles. The lowest BCUT2D eigenvalue weighted by atomic mass is 9.98. The lowest BCUT2D eigenvalue weighted by molar-refractivity contribution is -0.124. The molecule has 1 N–H and O–H groups in total. The average molecular weight is 340 g/mol. The molecule has 1 saturated carbocycles. The Labute approximate surface area is 150 Å². The average Bonchev–Trinajstić information content (AvgIpc) is 3.47. The van der Waals surface area contributed by atoms with Crippen molar-refractivity contribution in [3.63, 3.8) is 0 Å². The Balaban J connectivity index is 1.37. The molecule has 2 fully saturated rings. The van der Waals surface area contributed by atoms with Gasteiger partial charge in [-0.15, -0.1) is 0 Å². The molecule has 25 heavy (non-hydrogen) atoms. The summed E-state index contributed by atoms with van der Waals surface area (Å²) >= 11 is 0. The third kappa shape index (κ3) is 5.04. The third-order valence-corrected chi connectivity index (χ3v) is 5.42. The Kier molecular flexibility index (Phi) is 5.72. The number of hydrogen-bond acceptors (Lipinski definition) is 4. The van der Waals surface area contributed by atoms with Gasteiger partial charge in [-0.25, -0.2) is 0 Å². The highest BCUT2D eigenvalue weighted by Crippen LogP contribution is 2.39. The summed E-state index contributed by atoms with van der Waals surface area (Å²) in [5, 5.41) is 12.3. The number of rotatable bonds is 7. The number of carbonyl (C=O) groups excluding carboxylic acids is 1. The SMILES string of the molecule is C[C@](C#N)(NC(=O)CN1CCN(CCc2ccccc2)CC1)C1CC1. The van der Waals surface area contributed by atoms with E-state index in [2.05, 4.69) is 45.5 Å². The van der Waals surface area contributed by atoms with Crippen molar-refractivity contribution in [1.82, 2.24) is 15.1 Å². The van der Waals surface area contributed by atoms with Crippen molar-refractivity contribution in [3.8, 4) is 6.07 Å². The van der Waals surface area contributed by atoms with Crippen LogP contribution in [-0.2, 0) is 11.2 Å². The van der Waals surface area contributed by atoms with Gasteiger partial charge in [0, 0.05) is 32.7 Å². The number of nitrogens with one attached hydrogen (secondary N) is 1. The molecule has 1 aliphatic heterocycles. The molecule has 134 valence electrons. The van der Waals surface area contributed by atoms with Crippen LogP contribution in [0, 0.1) is 17.2 Å². The molecule has 0 bridgehead atoms. The molecule has 0 spiro atoms. The summed E-state index contributed by atoms with van der Waals surface area (Å²) in [6.45, 7) is 7.14. The molecule has 1 aromatic rings. The van der Waals surface area contributed by atoms with E-state index >= 15 is 0 Å². The van der Waals surface area contributed by atoms with Crippen LogP contribution in [0.15, 0.2) is 30.3 Å². The molecular weight excluding hydrogens is 312 g/mol. The molecule has 1 atom stereocenters. The van der Waals surface area contributed by atoms with E-state index in [1.165, 1.54) is 5.56 Å². The standard InChI is InChI=1S/C20H28N4O/c1-20(16-21,18-7-8-18)22-19(25)15-24-13-11-23(12-14-24)10-9-17-5-3-2-4-6-17/h2-6,18H,7-15H2,1H3,(H,22,25)/t20-/m1/s1. The van der Waals surface area contributed by atoms with E-state index in [4.69, 9.17) is 0 Å². The van der Waals surface area contributed by atoms with Gasteiger partial charge in [0.1, 0.15) is 5.54 Å². The number of nitrogens with zero attached hydrogens (tertiary/aromatic N) is 3. The smallest absolute Gasteiger partial charge is 0.235 e.